The minimum Gasteiger partial charge on any atom is -1.00 e. The molecule has 0 rings (SSSR count). The predicted octanol–water partition coefficient (Wildman–Crippen LogP) is -0.378. The van der Waals surface area contributed by atoms with Crippen LogP contribution in [0.3, 0.4) is 0 Å². The second-order valence-corrected chi connectivity index (χ2v) is 0.298. The van der Waals surface area contributed by atoms with Gasteiger partial charge in [-0.25, -0.2) is 0 Å². The van der Waals surface area contributed by atoms with Crippen LogP contribution < -0.4 is 0 Å². The normalized spacial score (nSPS) is 2.82. The molecule has 86 valence electrons. The largest absolute Gasteiger partial charge is 2.00 e. The van der Waals surface area contributed by atoms with Gasteiger partial charge in [0.25, 0.3) is 0 Å². The van der Waals surface area contributed by atoms with Crippen LogP contribution in [-0.4, -0.2) is 113 Å². The first-order chi connectivity index (χ1) is 5.66. The Kier molecular flexibility index (Phi) is 610. The Hall–Kier alpha value is 1.30. The van der Waals surface area contributed by atoms with E-state index in [-0.39, 0.29) is 124 Å². The van der Waals surface area contributed by atoms with E-state index in [9.17, 15) is 0 Å². The average molecular weight is 336 g/mol. The van der Waals surface area contributed by atoms with Crippen LogP contribution in [0.25, 0.3) is 0 Å². The van der Waals surface area contributed by atoms with E-state index in [0.717, 1.165) is 21.4 Å². The third-order valence-electron chi connectivity index (χ3n) is 0. The van der Waals surface area contributed by atoms with Crippen molar-refractivity contribution in [3.63, 3.8) is 0 Å². The molecule has 0 amide bonds. The second kappa shape index (κ2) is 164. The van der Waals surface area contributed by atoms with Gasteiger partial charge in [-0.1, -0.05) is 0 Å². The summed E-state index contributed by atoms with van der Waals surface area (Å²) in [5, 5.41) is 36.0. The zero-order valence-electron chi connectivity index (χ0n) is 7.99. The van der Waals surface area contributed by atoms with Gasteiger partial charge in [-0.3, -0.25) is 0 Å². The van der Waals surface area contributed by atoms with Gasteiger partial charge in [0.1, 0.15) is 0 Å². The quantitative estimate of drug-likeness (QED) is 0.318. The molecule has 14 nitrogen and oxygen atoms in total. The van der Waals surface area contributed by atoms with Crippen molar-refractivity contribution in [3.8, 4) is 0 Å². The molecule has 0 aliphatic rings. The zero-order valence-corrected chi connectivity index (χ0v) is 14.6. The first-order valence-electron chi connectivity index (χ1n) is 1.46. The molecule has 17 heteroatoms. The van der Waals surface area contributed by atoms with Crippen LogP contribution >= 0.6 is 0 Å². The summed E-state index contributed by atoms with van der Waals surface area (Å²) in [6.45, 7) is 0. The Labute approximate surface area is 182 Å². The van der Waals surface area contributed by atoms with Crippen LogP contribution in [-0.2, 0) is 11.0 Å². The third kappa shape index (κ3) is 2400. The Bertz CT molecular complexity index is 77.6. The van der Waals surface area contributed by atoms with Gasteiger partial charge in [0.05, 0.1) is 0 Å². The maximum atomic E-state index is 8.00. The first kappa shape index (κ1) is 63.3. The van der Waals surface area contributed by atoms with Crippen molar-refractivity contribution in [2.75, 3.05) is 0 Å². The summed E-state index contributed by atoms with van der Waals surface area (Å²) < 4.78 is 0. The molecular formula is Ca3N4O10. The van der Waals surface area contributed by atoms with Crippen molar-refractivity contribution >= 4 is 113 Å². The zero-order chi connectivity index (χ0) is 10.8. The number of rotatable bonds is 0. The summed E-state index contributed by atoms with van der Waals surface area (Å²) >= 11 is 0. The predicted molar refractivity (Wildman–Crippen MR) is 55.3 cm³/mol. The smallest absolute Gasteiger partial charge is 1.00 e. The number of hydrogen-bond donors (Lipinski definition) is 0. The molecule has 0 fully saturated rings. The molecule has 0 N–H and O–H groups in total. The molecule has 0 atom stereocenters. The molecule has 0 aliphatic heterocycles. The SMILES string of the molecule is O=N[O-].O=N[O-].O=N[O-].O=N[O-].[Ca+2].[Ca+2].[Ca+2].[O-].[O-]. The van der Waals surface area contributed by atoms with E-state index in [4.69, 9.17) is 40.5 Å². The van der Waals surface area contributed by atoms with E-state index in [2.05, 4.69) is 0 Å². The van der Waals surface area contributed by atoms with Crippen LogP contribution in [0.5, 0.6) is 0 Å². The van der Waals surface area contributed by atoms with Gasteiger partial charge >= 0.3 is 113 Å². The molecule has 0 saturated heterocycles. The number of nitrogens with zero attached hydrogens (tertiary/aromatic N) is 4. The van der Waals surface area contributed by atoms with Crippen molar-refractivity contribution in [2.24, 2.45) is 21.4 Å². The Morgan fingerprint density at radius 3 is 0.471 bits per heavy atom. The average Bonchev–Trinajstić information content (AvgIpc) is 1.92. The van der Waals surface area contributed by atoms with E-state index in [1.807, 2.05) is 0 Å². The van der Waals surface area contributed by atoms with Crippen molar-refractivity contribution < 1.29 is 11.0 Å². The molecule has 0 heterocycles. The fourth-order valence-corrected chi connectivity index (χ4v) is 0. The van der Waals surface area contributed by atoms with Crippen molar-refractivity contribution in [1.82, 2.24) is 0 Å². The molecule has 17 heavy (non-hydrogen) atoms. The van der Waals surface area contributed by atoms with Crippen LogP contribution in [0.4, 0.5) is 0 Å². The van der Waals surface area contributed by atoms with Crippen molar-refractivity contribution in [1.29, 1.82) is 0 Å². The fraction of sp³-hybridized carbons (Fsp3) is 0. The monoisotopic (exact) mass is 336 g/mol. The summed E-state index contributed by atoms with van der Waals surface area (Å²) in [7, 11) is 0. The molecular weight excluding hydrogens is 336 g/mol. The molecule has 0 aromatic carbocycles. The molecule has 0 aromatic rings. The number of hydrogen-bond acceptors (Lipinski definition) is 14. The maximum absolute atomic E-state index is 8.00. The summed E-state index contributed by atoms with van der Waals surface area (Å²) in [4.78, 5) is 32.0. The Balaban J connectivity index is -0.00000000653. The van der Waals surface area contributed by atoms with Crippen LogP contribution in [0.15, 0.2) is 21.4 Å². The van der Waals surface area contributed by atoms with Gasteiger partial charge in [-0.2, -0.15) is 0 Å². The van der Waals surface area contributed by atoms with E-state index < -0.39 is 0 Å². The Morgan fingerprint density at radius 1 is 0.471 bits per heavy atom. The van der Waals surface area contributed by atoms with Gasteiger partial charge in [0.2, 0.25) is 0 Å². The van der Waals surface area contributed by atoms with Gasteiger partial charge in [-0.15, -0.1) is 21.4 Å². The van der Waals surface area contributed by atoms with Crippen molar-refractivity contribution in [3.05, 3.63) is 40.5 Å². The van der Waals surface area contributed by atoms with Gasteiger partial charge in [0.15, 0.2) is 0 Å². The Morgan fingerprint density at radius 2 is 0.471 bits per heavy atom. The van der Waals surface area contributed by atoms with Gasteiger partial charge in [-0.05, 0) is 0 Å². The fourth-order valence-electron chi connectivity index (χ4n) is 0. The van der Waals surface area contributed by atoms with Gasteiger partial charge < -0.3 is 51.4 Å². The summed E-state index contributed by atoms with van der Waals surface area (Å²) in [6.07, 6.45) is 0. The van der Waals surface area contributed by atoms with Crippen LogP contribution in [0.2, 0.25) is 0 Å². The van der Waals surface area contributed by atoms with E-state index in [1.165, 1.54) is 0 Å². The van der Waals surface area contributed by atoms with Crippen LogP contribution in [0.1, 0.15) is 0 Å². The molecule has 0 saturated carbocycles. The summed E-state index contributed by atoms with van der Waals surface area (Å²) in [5.41, 5.74) is 0. The first-order valence-corrected chi connectivity index (χ1v) is 1.46. The molecule has 0 bridgehead atoms. The standard InChI is InChI=1S/3Ca.4HNO2.2O/c;;;4*2-1-3;;/h;;;4*(H,2,3);;/q3*+2;;;;;2*-1/p-4. The maximum Gasteiger partial charge on any atom is 2.00 e. The molecule has 0 aromatic heterocycles. The van der Waals surface area contributed by atoms with Crippen LogP contribution in [0, 0.1) is 40.5 Å². The molecule has 2 radical (unpaired) electrons. The van der Waals surface area contributed by atoms with E-state index >= 15 is 0 Å². The third-order valence-corrected chi connectivity index (χ3v) is 0. The minimum absolute atomic E-state index is 0. The van der Waals surface area contributed by atoms with E-state index in [1.54, 1.807) is 0 Å². The second-order valence-electron chi connectivity index (χ2n) is 0.298. The minimum atomic E-state index is 0. The molecule has 0 aliphatic carbocycles. The molecule has 0 unspecified atom stereocenters. The molecule has 0 spiro atoms. The summed E-state index contributed by atoms with van der Waals surface area (Å²) in [5.74, 6) is 0. The van der Waals surface area contributed by atoms with Crippen molar-refractivity contribution in [2.45, 2.75) is 0 Å². The van der Waals surface area contributed by atoms with Gasteiger partial charge in [0, 0.05) is 0 Å². The van der Waals surface area contributed by atoms with E-state index in [0.29, 0.717) is 0 Å². The topological polar surface area (TPSA) is 267 Å². The summed E-state index contributed by atoms with van der Waals surface area (Å²) in [6, 6.07) is 0.